The molecule has 6 nitrogen and oxygen atoms in total. The molecule has 1 saturated heterocycles. The van der Waals surface area contributed by atoms with Crippen LogP contribution in [0.25, 0.3) is 32.8 Å². The molecule has 4 aromatic rings. The van der Waals surface area contributed by atoms with Gasteiger partial charge in [-0.05, 0) is 57.1 Å². The van der Waals surface area contributed by atoms with Crippen LogP contribution in [0.3, 0.4) is 0 Å². The number of nitro benzene ring substituents is 1. The lowest BCUT2D eigenvalue weighted by Crippen LogP contribution is -2.31. The first kappa shape index (κ1) is 18.1. The van der Waals surface area contributed by atoms with Gasteiger partial charge in [0.25, 0.3) is 5.69 Å². The lowest BCUT2D eigenvalue weighted by atomic mass is 10.1. The number of benzene rings is 2. The molecule has 148 valence electrons. The zero-order valence-corrected chi connectivity index (χ0v) is 16.4. The molecule has 2 aromatic carbocycles. The van der Waals surface area contributed by atoms with Crippen molar-refractivity contribution in [2.75, 3.05) is 19.6 Å². The first-order valence-electron chi connectivity index (χ1n) is 10.4. The minimum Gasteiger partial charge on any atom is -0.339 e. The van der Waals surface area contributed by atoms with Gasteiger partial charge in [-0.2, -0.15) is 0 Å². The summed E-state index contributed by atoms with van der Waals surface area (Å²) in [5.41, 5.74) is 4.10. The zero-order valence-electron chi connectivity index (χ0n) is 16.4. The SMILES string of the molecule is O=[N+]([O-])c1ccc2nc3c4ccccc4n(CCCN4CCCCC4)c3cc2c1. The Hall–Kier alpha value is -2.99. The number of para-hydroxylation sites is 1. The number of likely N-dealkylation sites (tertiary alicyclic amines) is 1. The van der Waals surface area contributed by atoms with Gasteiger partial charge in [0, 0.05) is 29.4 Å². The van der Waals surface area contributed by atoms with Gasteiger partial charge in [-0.3, -0.25) is 10.1 Å². The Bertz CT molecular complexity index is 1210. The van der Waals surface area contributed by atoms with Gasteiger partial charge < -0.3 is 9.47 Å². The summed E-state index contributed by atoms with van der Waals surface area (Å²) in [5, 5.41) is 13.1. The fourth-order valence-corrected chi connectivity index (χ4v) is 4.59. The van der Waals surface area contributed by atoms with Crippen molar-refractivity contribution in [3.8, 4) is 0 Å². The maximum atomic E-state index is 11.2. The molecule has 5 rings (SSSR count). The second-order valence-electron chi connectivity index (χ2n) is 7.91. The van der Waals surface area contributed by atoms with E-state index in [0.717, 1.165) is 46.8 Å². The first-order chi connectivity index (χ1) is 14.2. The van der Waals surface area contributed by atoms with Gasteiger partial charge in [0.2, 0.25) is 0 Å². The summed E-state index contributed by atoms with van der Waals surface area (Å²) in [7, 11) is 0. The van der Waals surface area contributed by atoms with Crippen molar-refractivity contribution in [2.45, 2.75) is 32.2 Å². The molecule has 0 amide bonds. The fraction of sp³-hybridized carbons (Fsp3) is 0.348. The maximum absolute atomic E-state index is 11.2. The van der Waals surface area contributed by atoms with Gasteiger partial charge in [-0.1, -0.05) is 24.6 Å². The number of hydrogen-bond donors (Lipinski definition) is 0. The third-order valence-electron chi connectivity index (χ3n) is 6.03. The minimum absolute atomic E-state index is 0.103. The van der Waals surface area contributed by atoms with E-state index in [9.17, 15) is 10.1 Å². The highest BCUT2D eigenvalue weighted by Gasteiger charge is 2.15. The molecule has 0 N–H and O–H groups in total. The Kier molecular flexibility index (Phi) is 4.64. The highest BCUT2D eigenvalue weighted by molar-refractivity contribution is 6.09. The molecule has 2 aromatic heterocycles. The van der Waals surface area contributed by atoms with Crippen LogP contribution in [0.1, 0.15) is 25.7 Å². The molecule has 29 heavy (non-hydrogen) atoms. The van der Waals surface area contributed by atoms with Crippen molar-refractivity contribution in [3.63, 3.8) is 0 Å². The molecule has 0 saturated carbocycles. The first-order valence-corrected chi connectivity index (χ1v) is 10.4. The van der Waals surface area contributed by atoms with Crippen molar-refractivity contribution in [2.24, 2.45) is 0 Å². The van der Waals surface area contributed by atoms with Gasteiger partial charge in [-0.25, -0.2) is 4.98 Å². The zero-order chi connectivity index (χ0) is 19.8. The topological polar surface area (TPSA) is 64.2 Å². The molecule has 0 atom stereocenters. The lowest BCUT2D eigenvalue weighted by Gasteiger charge is -2.26. The van der Waals surface area contributed by atoms with Crippen molar-refractivity contribution in [1.29, 1.82) is 0 Å². The largest absolute Gasteiger partial charge is 0.339 e. The standard InChI is InChI=1S/C23H24N4O2/c28-27(29)18-9-10-20-17(15-18)16-22-23(24-20)19-7-2-3-8-21(19)26(22)14-6-13-25-11-4-1-5-12-25/h2-3,7-10,15-16H,1,4-6,11-14H2. The van der Waals surface area contributed by atoms with Crippen LogP contribution in [0.2, 0.25) is 0 Å². The predicted molar refractivity (Wildman–Crippen MR) is 116 cm³/mol. The molecule has 3 heterocycles. The molecule has 1 aliphatic heterocycles. The molecule has 0 radical (unpaired) electrons. The Balaban J connectivity index is 1.56. The number of aromatic nitrogens is 2. The van der Waals surface area contributed by atoms with Crippen LogP contribution < -0.4 is 0 Å². The summed E-state index contributed by atoms with van der Waals surface area (Å²) in [6.45, 7) is 4.45. The number of pyridine rings is 1. The van der Waals surface area contributed by atoms with Crippen molar-refractivity contribution >= 4 is 38.5 Å². The number of hydrogen-bond acceptors (Lipinski definition) is 4. The molecule has 1 aliphatic rings. The van der Waals surface area contributed by atoms with Gasteiger partial charge in [0.1, 0.15) is 0 Å². The maximum Gasteiger partial charge on any atom is 0.270 e. The van der Waals surface area contributed by atoms with E-state index in [1.165, 1.54) is 43.9 Å². The van der Waals surface area contributed by atoms with Crippen molar-refractivity contribution < 1.29 is 4.92 Å². The van der Waals surface area contributed by atoms with E-state index in [-0.39, 0.29) is 10.6 Å². The molecule has 0 unspecified atom stereocenters. The van der Waals surface area contributed by atoms with E-state index in [2.05, 4.69) is 33.7 Å². The molecular weight excluding hydrogens is 364 g/mol. The fourth-order valence-electron chi connectivity index (χ4n) is 4.59. The van der Waals surface area contributed by atoms with Gasteiger partial charge >= 0.3 is 0 Å². The summed E-state index contributed by atoms with van der Waals surface area (Å²) in [6, 6.07) is 15.3. The summed E-state index contributed by atoms with van der Waals surface area (Å²) >= 11 is 0. The summed E-state index contributed by atoms with van der Waals surface area (Å²) in [6.07, 6.45) is 5.06. The normalized spacial score (nSPS) is 15.4. The Morgan fingerprint density at radius 3 is 2.62 bits per heavy atom. The number of piperidine rings is 1. The average Bonchev–Trinajstić information content (AvgIpc) is 3.05. The predicted octanol–water partition coefficient (Wildman–Crippen LogP) is 5.13. The van der Waals surface area contributed by atoms with Crippen LogP contribution in [0.5, 0.6) is 0 Å². The van der Waals surface area contributed by atoms with E-state index in [1.807, 2.05) is 6.07 Å². The van der Waals surface area contributed by atoms with Crippen LogP contribution in [-0.2, 0) is 6.54 Å². The quantitative estimate of drug-likeness (QED) is 0.351. The molecule has 6 heteroatoms. The number of aryl methyl sites for hydroxylation is 1. The Morgan fingerprint density at radius 1 is 0.966 bits per heavy atom. The van der Waals surface area contributed by atoms with E-state index in [1.54, 1.807) is 12.1 Å². The number of rotatable bonds is 5. The van der Waals surface area contributed by atoms with Crippen LogP contribution in [0.4, 0.5) is 5.69 Å². The highest BCUT2D eigenvalue weighted by Crippen LogP contribution is 2.31. The van der Waals surface area contributed by atoms with Gasteiger partial charge in [0.05, 0.1) is 27.0 Å². The highest BCUT2D eigenvalue weighted by atomic mass is 16.6. The minimum atomic E-state index is -0.349. The lowest BCUT2D eigenvalue weighted by molar-refractivity contribution is -0.384. The van der Waals surface area contributed by atoms with Gasteiger partial charge in [-0.15, -0.1) is 0 Å². The molecule has 1 fully saturated rings. The third-order valence-corrected chi connectivity index (χ3v) is 6.03. The number of nitrogens with zero attached hydrogens (tertiary/aromatic N) is 4. The average molecular weight is 388 g/mol. The van der Waals surface area contributed by atoms with Crippen molar-refractivity contribution in [1.82, 2.24) is 14.5 Å². The summed E-state index contributed by atoms with van der Waals surface area (Å²) < 4.78 is 2.33. The molecule has 0 spiro atoms. The van der Waals surface area contributed by atoms with Crippen LogP contribution >= 0.6 is 0 Å². The van der Waals surface area contributed by atoms with Crippen molar-refractivity contribution in [3.05, 3.63) is 58.6 Å². The number of nitro groups is 1. The monoisotopic (exact) mass is 388 g/mol. The van der Waals surface area contributed by atoms with Crippen LogP contribution in [0, 0.1) is 10.1 Å². The number of non-ortho nitro benzene ring substituents is 1. The van der Waals surface area contributed by atoms with Crippen LogP contribution in [0.15, 0.2) is 48.5 Å². The second-order valence-corrected chi connectivity index (χ2v) is 7.91. The summed E-state index contributed by atoms with van der Waals surface area (Å²) in [4.78, 5) is 18.3. The smallest absolute Gasteiger partial charge is 0.270 e. The van der Waals surface area contributed by atoms with Crippen LogP contribution in [-0.4, -0.2) is 39.0 Å². The molecule has 0 aliphatic carbocycles. The van der Waals surface area contributed by atoms with Gasteiger partial charge in [0.15, 0.2) is 0 Å². The van der Waals surface area contributed by atoms with E-state index in [0.29, 0.717) is 0 Å². The Morgan fingerprint density at radius 2 is 1.79 bits per heavy atom. The molecule has 0 bridgehead atoms. The third kappa shape index (κ3) is 3.34. The Labute approximate surface area is 168 Å². The molecular formula is C23H24N4O2. The van der Waals surface area contributed by atoms with E-state index < -0.39 is 0 Å². The number of fused-ring (bicyclic) bond motifs is 4. The summed E-state index contributed by atoms with van der Waals surface area (Å²) in [5.74, 6) is 0. The second kappa shape index (κ2) is 7.44. The van der Waals surface area contributed by atoms with E-state index in [4.69, 9.17) is 4.98 Å². The van der Waals surface area contributed by atoms with E-state index >= 15 is 0 Å².